The Bertz CT molecular complexity index is 1070. The number of hydrogen-bond acceptors (Lipinski definition) is 8. The summed E-state index contributed by atoms with van der Waals surface area (Å²) in [5, 5.41) is 18.6. The Labute approximate surface area is 161 Å². The van der Waals surface area contributed by atoms with Crippen molar-refractivity contribution in [1.29, 1.82) is 0 Å². The van der Waals surface area contributed by atoms with Gasteiger partial charge in [-0.15, -0.1) is 5.10 Å². The van der Waals surface area contributed by atoms with Gasteiger partial charge in [-0.25, -0.2) is 17.5 Å². The number of nitrogens with zero attached hydrogens (tertiary/aromatic N) is 4. The van der Waals surface area contributed by atoms with Crippen molar-refractivity contribution in [1.82, 2.24) is 9.61 Å². The highest BCUT2D eigenvalue weighted by Gasteiger charge is 2.22. The van der Waals surface area contributed by atoms with E-state index in [1.165, 1.54) is 4.52 Å². The molecule has 3 aromatic heterocycles. The first kappa shape index (κ1) is 21.2. The zero-order chi connectivity index (χ0) is 20.7. The third-order valence-corrected chi connectivity index (χ3v) is 4.02. The molecule has 1 N–H and O–H groups in total. The lowest BCUT2D eigenvalue weighted by atomic mass is 10.2. The lowest BCUT2D eigenvalue weighted by molar-refractivity contribution is -0.671. The smallest absolute Gasteiger partial charge is 0.338 e. The number of pyridine rings is 2. The first-order valence-corrected chi connectivity index (χ1v) is 9.36. The lowest BCUT2D eigenvalue weighted by Gasteiger charge is -2.02. The summed E-state index contributed by atoms with van der Waals surface area (Å²) in [6, 6.07) is 9.24. The van der Waals surface area contributed by atoms with Crippen molar-refractivity contribution in [3.8, 4) is 0 Å². The van der Waals surface area contributed by atoms with Gasteiger partial charge in [0, 0.05) is 24.4 Å². The van der Waals surface area contributed by atoms with Gasteiger partial charge in [0.1, 0.15) is 12.6 Å². The van der Waals surface area contributed by atoms with E-state index in [9.17, 15) is 23.1 Å². The lowest BCUT2D eigenvalue weighted by Crippen LogP contribution is -2.27. The predicted octanol–water partition coefficient (Wildman–Crippen LogP) is 0.815. The van der Waals surface area contributed by atoms with E-state index in [1.54, 1.807) is 24.4 Å². The molecule has 0 aliphatic carbocycles. The Kier molecular flexibility index (Phi) is 6.98. The van der Waals surface area contributed by atoms with Crippen LogP contribution in [0, 0.1) is 10.1 Å². The van der Waals surface area contributed by atoms with Gasteiger partial charge >= 0.3 is 5.69 Å². The molecule has 12 heteroatoms. The van der Waals surface area contributed by atoms with E-state index in [2.05, 4.69) is 14.6 Å². The molecule has 0 atom stereocenters. The van der Waals surface area contributed by atoms with Crippen molar-refractivity contribution in [2.75, 3.05) is 19.0 Å². The Morgan fingerprint density at radius 3 is 2.64 bits per heavy atom. The zero-order valence-corrected chi connectivity index (χ0v) is 16.0. The molecular formula is C16H19N5O6S. The van der Waals surface area contributed by atoms with Crippen molar-refractivity contribution in [3.63, 3.8) is 0 Å². The molecule has 0 amide bonds. The van der Waals surface area contributed by atoms with Gasteiger partial charge in [-0.3, -0.25) is 14.3 Å². The van der Waals surface area contributed by atoms with Crippen molar-refractivity contribution in [3.05, 3.63) is 64.6 Å². The third-order valence-electron chi connectivity index (χ3n) is 3.61. The van der Waals surface area contributed by atoms with E-state index in [0.717, 1.165) is 19.1 Å². The molecule has 150 valence electrons. The predicted molar refractivity (Wildman–Crippen MR) is 98.4 cm³/mol. The summed E-state index contributed by atoms with van der Waals surface area (Å²) < 4.78 is 34.5. The Hall–Kier alpha value is -3.09. The average Bonchev–Trinajstić information content (AvgIpc) is 3.00. The molecule has 3 rings (SSSR count). The third kappa shape index (κ3) is 5.97. The van der Waals surface area contributed by atoms with E-state index < -0.39 is 15.3 Å². The van der Waals surface area contributed by atoms with E-state index in [-0.39, 0.29) is 5.69 Å². The molecule has 0 aliphatic heterocycles. The molecule has 11 nitrogen and oxygen atoms in total. The first-order valence-electron chi connectivity index (χ1n) is 8.02. The van der Waals surface area contributed by atoms with Gasteiger partial charge in [-0.1, -0.05) is 6.07 Å². The molecule has 0 spiro atoms. The number of anilines is 1. The molecule has 0 unspecified atom stereocenters. The molecule has 3 aromatic rings. The number of hydrogen-bond donors (Lipinski definition) is 1. The van der Waals surface area contributed by atoms with Crippen LogP contribution < -0.4 is 9.88 Å². The number of nitro groups is 1. The molecule has 28 heavy (non-hydrogen) atoms. The van der Waals surface area contributed by atoms with Gasteiger partial charge < -0.3 is 9.87 Å². The van der Waals surface area contributed by atoms with Crippen LogP contribution in [-0.4, -0.2) is 41.2 Å². The topological polar surface area (TPSA) is 143 Å². The van der Waals surface area contributed by atoms with E-state index >= 15 is 0 Å². The second-order valence-electron chi connectivity index (χ2n) is 5.61. The molecule has 0 bridgehead atoms. The molecule has 0 saturated carbocycles. The minimum absolute atomic E-state index is 0.0132. The summed E-state index contributed by atoms with van der Waals surface area (Å²) >= 11 is 0. The zero-order valence-electron chi connectivity index (χ0n) is 15.2. The van der Waals surface area contributed by atoms with Crippen LogP contribution in [0.5, 0.6) is 0 Å². The maximum absolute atomic E-state index is 11.3. The van der Waals surface area contributed by atoms with Crippen molar-refractivity contribution < 1.29 is 26.6 Å². The van der Waals surface area contributed by atoms with Crippen molar-refractivity contribution in [2.24, 2.45) is 7.05 Å². The Morgan fingerprint density at radius 2 is 2.04 bits per heavy atom. The van der Waals surface area contributed by atoms with E-state index in [0.29, 0.717) is 17.9 Å². The van der Waals surface area contributed by atoms with Crippen LogP contribution in [0.2, 0.25) is 0 Å². The van der Waals surface area contributed by atoms with Gasteiger partial charge in [0.15, 0.2) is 12.4 Å². The number of rotatable bonds is 6. The number of fused-ring (bicyclic) bond motifs is 1. The second-order valence-corrected chi connectivity index (χ2v) is 6.76. The SMILES string of the molecule is COS(=O)(=O)[O-].C[n+]1cccc(CCNc2nn3ccccc3c2[N+](=O)[O-])c1. The monoisotopic (exact) mass is 409 g/mol. The van der Waals surface area contributed by atoms with E-state index in [1.807, 2.05) is 36.1 Å². The fraction of sp³-hybridized carbons (Fsp3) is 0.250. The maximum Gasteiger partial charge on any atom is 0.338 e. The minimum Gasteiger partial charge on any atom is -0.726 e. The number of aromatic nitrogens is 3. The first-order chi connectivity index (χ1) is 13.2. The van der Waals surface area contributed by atoms with Crippen molar-refractivity contribution >= 4 is 27.4 Å². The van der Waals surface area contributed by atoms with Crippen molar-refractivity contribution in [2.45, 2.75) is 6.42 Å². The summed E-state index contributed by atoms with van der Waals surface area (Å²) in [5.74, 6) is 0.302. The van der Waals surface area contributed by atoms with Crippen LogP contribution in [0.25, 0.3) is 5.52 Å². The van der Waals surface area contributed by atoms with Crippen LogP contribution in [-0.2, 0) is 28.1 Å². The fourth-order valence-electron chi connectivity index (χ4n) is 2.41. The molecule has 0 saturated heterocycles. The van der Waals surface area contributed by atoms with Crippen LogP contribution in [0.4, 0.5) is 11.5 Å². The standard InChI is InChI=1S/C15H16N5O2.CH4O4S/c1-18-9-4-5-12(11-18)7-8-16-15-14(20(21)22)13-6-2-3-10-19(13)17-15;1-5-6(2,3)4/h2-6,9-11H,7-8H2,1H3,(H,16,17);1H3,(H,2,3,4)/q+1;/p-1. The molecule has 3 heterocycles. The largest absolute Gasteiger partial charge is 0.726 e. The van der Waals surface area contributed by atoms with Gasteiger partial charge in [0.25, 0.3) is 0 Å². The van der Waals surface area contributed by atoms with Gasteiger partial charge in [-0.2, -0.15) is 0 Å². The highest BCUT2D eigenvalue weighted by atomic mass is 32.3. The normalized spacial score (nSPS) is 11.0. The average molecular weight is 409 g/mol. The molecular weight excluding hydrogens is 390 g/mol. The number of nitrogens with one attached hydrogen (secondary N) is 1. The fourth-order valence-corrected chi connectivity index (χ4v) is 2.41. The van der Waals surface area contributed by atoms with E-state index in [4.69, 9.17) is 0 Å². The van der Waals surface area contributed by atoms with Crippen LogP contribution in [0.3, 0.4) is 0 Å². The van der Waals surface area contributed by atoms with Gasteiger partial charge in [-0.05, 0) is 24.6 Å². The molecule has 0 aromatic carbocycles. The van der Waals surface area contributed by atoms with Crippen LogP contribution in [0.1, 0.15) is 5.56 Å². The molecule has 0 aliphatic rings. The summed E-state index contributed by atoms with van der Waals surface area (Å²) in [6.45, 7) is 0.578. The highest BCUT2D eigenvalue weighted by molar-refractivity contribution is 7.80. The van der Waals surface area contributed by atoms with Crippen LogP contribution >= 0.6 is 0 Å². The van der Waals surface area contributed by atoms with Gasteiger partial charge in [0.2, 0.25) is 16.2 Å². The summed E-state index contributed by atoms with van der Waals surface area (Å²) in [4.78, 5) is 10.9. The summed E-state index contributed by atoms with van der Waals surface area (Å²) in [7, 11) is -1.64. The maximum atomic E-state index is 11.3. The number of aryl methyl sites for hydroxylation is 1. The summed E-state index contributed by atoms with van der Waals surface area (Å²) in [5.41, 5.74) is 1.66. The summed E-state index contributed by atoms with van der Waals surface area (Å²) in [6.07, 6.45) is 6.45. The molecule has 0 fully saturated rings. The second kappa shape index (κ2) is 9.21. The highest BCUT2D eigenvalue weighted by Crippen LogP contribution is 2.28. The Morgan fingerprint density at radius 1 is 1.32 bits per heavy atom. The quantitative estimate of drug-likeness (QED) is 0.207. The van der Waals surface area contributed by atoms with Gasteiger partial charge in [0.05, 0.1) is 12.0 Å². The van der Waals surface area contributed by atoms with Crippen LogP contribution in [0.15, 0.2) is 48.9 Å². The minimum atomic E-state index is -4.41. The Balaban J connectivity index is 0.000000409. The molecule has 0 radical (unpaired) electrons.